The number of aromatic nitrogens is 2. The molecule has 7 heteroatoms. The minimum Gasteiger partial charge on any atom is -0.494 e. The van der Waals surface area contributed by atoms with Crippen LogP contribution < -0.4 is 10.1 Å². The van der Waals surface area contributed by atoms with Gasteiger partial charge in [-0.05, 0) is 80.6 Å². The molecule has 1 heterocycles. The number of carbonyl (C=O) groups excluding carboxylic acids is 1. The quantitative estimate of drug-likeness (QED) is 0.212. The molecule has 36 heavy (non-hydrogen) atoms. The average Bonchev–Trinajstić information content (AvgIpc) is 3.22. The third kappa shape index (κ3) is 6.40. The van der Waals surface area contributed by atoms with Gasteiger partial charge in [0.25, 0.3) is 5.91 Å². The van der Waals surface area contributed by atoms with Crippen LogP contribution in [0.4, 0.5) is 0 Å². The smallest absolute Gasteiger partial charge is 0.252 e. The fourth-order valence-electron chi connectivity index (χ4n) is 4.31. The van der Waals surface area contributed by atoms with E-state index in [-0.39, 0.29) is 5.91 Å². The fraction of sp³-hybridized carbons (Fsp3) is 0.310. The average molecular weight is 524 g/mol. The second-order valence-corrected chi connectivity index (χ2v) is 9.72. The summed E-state index contributed by atoms with van der Waals surface area (Å²) in [6, 6.07) is 19.3. The molecule has 0 spiro atoms. The lowest BCUT2D eigenvalue weighted by Gasteiger charge is -2.12. The van der Waals surface area contributed by atoms with Crippen molar-refractivity contribution in [1.82, 2.24) is 14.9 Å². The SMILES string of the molecule is Cc1cc(OCCCCn2c(CCCNC(=O)c3ccccc3Cl)nc3ccccc32)cc(C)c1Cl. The maximum absolute atomic E-state index is 12.4. The summed E-state index contributed by atoms with van der Waals surface area (Å²) in [5, 5.41) is 4.22. The van der Waals surface area contributed by atoms with E-state index in [0.717, 1.165) is 71.0 Å². The van der Waals surface area contributed by atoms with Crippen LogP contribution in [0.25, 0.3) is 11.0 Å². The summed E-state index contributed by atoms with van der Waals surface area (Å²) in [5.41, 5.74) is 4.69. The van der Waals surface area contributed by atoms with Crippen molar-refractivity contribution in [3.63, 3.8) is 0 Å². The molecule has 4 aromatic rings. The predicted octanol–water partition coefficient (Wildman–Crippen LogP) is 7.18. The molecule has 0 bridgehead atoms. The van der Waals surface area contributed by atoms with E-state index < -0.39 is 0 Å². The molecule has 1 N–H and O–H groups in total. The molecule has 0 aliphatic rings. The third-order valence-corrected chi connectivity index (χ3v) is 7.10. The molecular weight excluding hydrogens is 493 g/mol. The lowest BCUT2D eigenvalue weighted by atomic mass is 10.1. The highest BCUT2D eigenvalue weighted by atomic mass is 35.5. The molecule has 1 aromatic heterocycles. The van der Waals surface area contributed by atoms with Crippen LogP contribution in [0.1, 0.15) is 46.6 Å². The Bertz CT molecular complexity index is 1330. The van der Waals surface area contributed by atoms with Crippen molar-refractivity contribution in [2.45, 2.75) is 46.1 Å². The third-order valence-electron chi connectivity index (χ3n) is 6.17. The van der Waals surface area contributed by atoms with Gasteiger partial charge in [-0.2, -0.15) is 0 Å². The van der Waals surface area contributed by atoms with Crippen LogP contribution >= 0.6 is 23.2 Å². The standard InChI is InChI=1S/C29H31Cl2N3O2/c1-20-18-22(19-21(2)28(20)31)36-17-8-7-16-34-26-13-6-5-12-25(26)33-27(34)14-9-15-32-29(35)23-10-3-4-11-24(23)30/h3-6,10-13,18-19H,7-9,14-17H2,1-2H3,(H,32,35). The van der Waals surface area contributed by atoms with Gasteiger partial charge in [-0.25, -0.2) is 4.98 Å². The van der Waals surface area contributed by atoms with Crippen LogP contribution in [0.3, 0.4) is 0 Å². The van der Waals surface area contributed by atoms with Crippen molar-refractivity contribution in [3.8, 4) is 5.75 Å². The first kappa shape index (κ1) is 26.1. The van der Waals surface area contributed by atoms with Gasteiger partial charge in [0.15, 0.2) is 0 Å². The molecule has 0 aliphatic heterocycles. The monoisotopic (exact) mass is 523 g/mol. The van der Waals surface area contributed by atoms with Gasteiger partial charge in [0, 0.05) is 24.5 Å². The Labute approximate surface area is 222 Å². The van der Waals surface area contributed by atoms with Gasteiger partial charge in [0.1, 0.15) is 11.6 Å². The van der Waals surface area contributed by atoms with Gasteiger partial charge >= 0.3 is 0 Å². The van der Waals surface area contributed by atoms with E-state index in [2.05, 4.69) is 16.0 Å². The number of fused-ring (bicyclic) bond motifs is 1. The van der Waals surface area contributed by atoms with Crippen molar-refractivity contribution >= 4 is 40.1 Å². The summed E-state index contributed by atoms with van der Waals surface area (Å²) in [7, 11) is 0. The zero-order valence-corrected chi connectivity index (χ0v) is 22.2. The summed E-state index contributed by atoms with van der Waals surface area (Å²) < 4.78 is 8.27. The molecule has 4 rings (SSSR count). The second kappa shape index (κ2) is 12.3. The van der Waals surface area contributed by atoms with Crippen LogP contribution in [-0.2, 0) is 13.0 Å². The van der Waals surface area contributed by atoms with E-state index in [1.165, 1.54) is 0 Å². The van der Waals surface area contributed by atoms with E-state index >= 15 is 0 Å². The number of halogens is 2. The number of rotatable bonds is 11. The number of nitrogens with zero attached hydrogens (tertiary/aromatic N) is 2. The first-order valence-electron chi connectivity index (χ1n) is 12.3. The Balaban J connectivity index is 1.30. The molecule has 0 aliphatic carbocycles. The summed E-state index contributed by atoms with van der Waals surface area (Å²) in [6.45, 7) is 6.06. The van der Waals surface area contributed by atoms with Crippen LogP contribution in [-0.4, -0.2) is 28.6 Å². The summed E-state index contributed by atoms with van der Waals surface area (Å²) in [6.07, 6.45) is 3.47. The lowest BCUT2D eigenvalue weighted by Crippen LogP contribution is -2.25. The largest absolute Gasteiger partial charge is 0.494 e. The van der Waals surface area contributed by atoms with Crippen LogP contribution in [0, 0.1) is 13.8 Å². The number of para-hydroxylation sites is 2. The number of imidazole rings is 1. The van der Waals surface area contributed by atoms with Gasteiger partial charge in [-0.1, -0.05) is 47.5 Å². The molecule has 5 nitrogen and oxygen atoms in total. The number of benzene rings is 3. The van der Waals surface area contributed by atoms with Gasteiger partial charge in [0.2, 0.25) is 0 Å². The minimum atomic E-state index is -0.153. The van der Waals surface area contributed by atoms with Crippen LogP contribution in [0.5, 0.6) is 5.75 Å². The van der Waals surface area contributed by atoms with E-state index in [9.17, 15) is 4.79 Å². The molecule has 1 amide bonds. The normalized spacial score (nSPS) is 11.1. The van der Waals surface area contributed by atoms with Crippen molar-refractivity contribution in [1.29, 1.82) is 0 Å². The molecular formula is C29H31Cl2N3O2. The van der Waals surface area contributed by atoms with Gasteiger partial charge in [-0.3, -0.25) is 4.79 Å². The highest BCUT2D eigenvalue weighted by Crippen LogP contribution is 2.26. The molecule has 0 atom stereocenters. The zero-order valence-electron chi connectivity index (χ0n) is 20.7. The molecule has 0 fully saturated rings. The Kier molecular flexibility index (Phi) is 8.89. The Morgan fingerprint density at radius 1 is 0.972 bits per heavy atom. The van der Waals surface area contributed by atoms with E-state index in [4.69, 9.17) is 32.9 Å². The van der Waals surface area contributed by atoms with Crippen molar-refractivity contribution in [2.24, 2.45) is 0 Å². The number of aryl methyl sites for hydroxylation is 4. The van der Waals surface area contributed by atoms with Crippen LogP contribution in [0.15, 0.2) is 60.7 Å². The highest BCUT2D eigenvalue weighted by molar-refractivity contribution is 6.33. The van der Waals surface area contributed by atoms with Crippen molar-refractivity contribution < 1.29 is 9.53 Å². The first-order valence-corrected chi connectivity index (χ1v) is 13.1. The maximum atomic E-state index is 12.4. The Hall–Kier alpha value is -3.02. The number of carbonyl (C=O) groups is 1. The van der Waals surface area contributed by atoms with Gasteiger partial charge < -0.3 is 14.6 Å². The molecule has 0 radical (unpaired) electrons. The topological polar surface area (TPSA) is 56.1 Å². The molecule has 0 saturated carbocycles. The number of unbranched alkanes of at least 4 members (excludes halogenated alkanes) is 1. The summed E-state index contributed by atoms with van der Waals surface area (Å²) >= 11 is 12.4. The second-order valence-electron chi connectivity index (χ2n) is 8.93. The van der Waals surface area contributed by atoms with Crippen LogP contribution in [0.2, 0.25) is 10.0 Å². The first-order chi connectivity index (χ1) is 17.4. The molecule has 3 aromatic carbocycles. The van der Waals surface area contributed by atoms with E-state index in [1.807, 2.05) is 56.3 Å². The number of amides is 1. The Morgan fingerprint density at radius 2 is 1.69 bits per heavy atom. The number of hydrogen-bond acceptors (Lipinski definition) is 3. The highest BCUT2D eigenvalue weighted by Gasteiger charge is 2.12. The van der Waals surface area contributed by atoms with Gasteiger partial charge in [-0.15, -0.1) is 0 Å². The maximum Gasteiger partial charge on any atom is 0.252 e. The molecule has 0 unspecified atom stereocenters. The minimum absolute atomic E-state index is 0.153. The van der Waals surface area contributed by atoms with Crippen molar-refractivity contribution in [2.75, 3.05) is 13.2 Å². The van der Waals surface area contributed by atoms with E-state index in [0.29, 0.717) is 23.7 Å². The summed E-state index contributed by atoms with van der Waals surface area (Å²) in [5.74, 6) is 1.75. The number of hydrogen-bond donors (Lipinski definition) is 1. The molecule has 188 valence electrons. The molecule has 0 saturated heterocycles. The van der Waals surface area contributed by atoms with Crippen molar-refractivity contribution in [3.05, 3.63) is 93.2 Å². The number of ether oxygens (including phenoxy) is 1. The summed E-state index contributed by atoms with van der Waals surface area (Å²) in [4.78, 5) is 17.3. The fourth-order valence-corrected chi connectivity index (χ4v) is 4.64. The number of nitrogens with one attached hydrogen (secondary N) is 1. The lowest BCUT2D eigenvalue weighted by molar-refractivity contribution is 0.0953. The van der Waals surface area contributed by atoms with E-state index in [1.54, 1.807) is 12.1 Å². The van der Waals surface area contributed by atoms with Gasteiger partial charge in [0.05, 0.1) is 28.2 Å². The Morgan fingerprint density at radius 3 is 2.47 bits per heavy atom. The zero-order chi connectivity index (χ0) is 25.5. The predicted molar refractivity (Wildman–Crippen MR) is 147 cm³/mol.